The van der Waals surface area contributed by atoms with Crippen molar-refractivity contribution in [1.29, 1.82) is 0 Å². The van der Waals surface area contributed by atoms with E-state index in [0.29, 0.717) is 5.13 Å². The van der Waals surface area contributed by atoms with Gasteiger partial charge in [-0.25, -0.2) is 4.98 Å². The highest BCUT2D eigenvalue weighted by Crippen LogP contribution is 2.30. The first-order valence-electron chi connectivity index (χ1n) is 5.53. The van der Waals surface area contributed by atoms with E-state index in [2.05, 4.69) is 14.8 Å². The van der Waals surface area contributed by atoms with Gasteiger partial charge in [0.05, 0.1) is 6.20 Å². The summed E-state index contributed by atoms with van der Waals surface area (Å²) in [7, 11) is 0. The fourth-order valence-electron chi connectivity index (χ4n) is 2.17. The van der Waals surface area contributed by atoms with E-state index in [1.807, 2.05) is 6.20 Å². The normalized spacial score (nSPS) is 23.3. The van der Waals surface area contributed by atoms with Crippen molar-refractivity contribution < 1.29 is 0 Å². The molecule has 1 aromatic rings. The lowest BCUT2D eigenvalue weighted by Gasteiger charge is -2.35. The number of nitrogens with two attached hydrogens (primary N) is 1. The van der Waals surface area contributed by atoms with Crippen LogP contribution in [-0.2, 0) is 0 Å². The number of anilines is 2. The number of nitrogens with zero attached hydrogens (tertiary/aromatic N) is 3. The second kappa shape index (κ2) is 3.64. The number of hydrogen-bond acceptors (Lipinski definition) is 5. The molecule has 15 heavy (non-hydrogen) atoms. The summed E-state index contributed by atoms with van der Waals surface area (Å²) >= 11 is 1.59. The summed E-state index contributed by atoms with van der Waals surface area (Å²) in [5.41, 5.74) is 5.64. The van der Waals surface area contributed by atoms with Gasteiger partial charge in [0, 0.05) is 32.2 Å². The maximum absolute atomic E-state index is 5.64. The Labute approximate surface area is 93.7 Å². The number of piperazine rings is 1. The molecule has 1 aliphatic heterocycles. The van der Waals surface area contributed by atoms with Gasteiger partial charge < -0.3 is 10.6 Å². The van der Waals surface area contributed by atoms with Gasteiger partial charge in [0.2, 0.25) is 0 Å². The molecule has 5 heteroatoms. The topological polar surface area (TPSA) is 45.4 Å². The van der Waals surface area contributed by atoms with Crippen LogP contribution in [0.15, 0.2) is 6.20 Å². The molecule has 0 spiro atoms. The van der Waals surface area contributed by atoms with Crippen molar-refractivity contribution in [2.24, 2.45) is 0 Å². The van der Waals surface area contributed by atoms with Crippen LogP contribution in [0.1, 0.15) is 12.8 Å². The van der Waals surface area contributed by atoms with Gasteiger partial charge in [-0.3, -0.25) is 4.90 Å². The van der Waals surface area contributed by atoms with Crippen LogP contribution in [0.25, 0.3) is 0 Å². The Morgan fingerprint density at radius 1 is 1.27 bits per heavy atom. The number of thiazole rings is 1. The maximum atomic E-state index is 5.64. The van der Waals surface area contributed by atoms with Gasteiger partial charge in [0.1, 0.15) is 5.00 Å². The van der Waals surface area contributed by atoms with E-state index in [1.54, 1.807) is 11.3 Å². The highest BCUT2D eigenvalue weighted by molar-refractivity contribution is 7.19. The van der Waals surface area contributed by atoms with E-state index in [9.17, 15) is 0 Å². The van der Waals surface area contributed by atoms with Crippen LogP contribution in [0, 0.1) is 0 Å². The monoisotopic (exact) mass is 224 g/mol. The van der Waals surface area contributed by atoms with Gasteiger partial charge in [0.25, 0.3) is 0 Å². The first kappa shape index (κ1) is 9.42. The fraction of sp³-hybridized carbons (Fsp3) is 0.700. The molecule has 1 saturated carbocycles. The zero-order chi connectivity index (χ0) is 10.3. The van der Waals surface area contributed by atoms with Gasteiger partial charge >= 0.3 is 0 Å². The summed E-state index contributed by atoms with van der Waals surface area (Å²) in [6.45, 7) is 4.64. The minimum Gasteiger partial charge on any atom is -0.375 e. The molecule has 82 valence electrons. The summed E-state index contributed by atoms with van der Waals surface area (Å²) in [5, 5.41) is 1.90. The highest BCUT2D eigenvalue weighted by Gasteiger charge is 2.31. The Balaban J connectivity index is 1.61. The van der Waals surface area contributed by atoms with E-state index in [4.69, 9.17) is 5.73 Å². The fourth-order valence-corrected chi connectivity index (χ4v) is 2.91. The molecule has 0 radical (unpaired) electrons. The third-order valence-electron chi connectivity index (χ3n) is 3.20. The van der Waals surface area contributed by atoms with Crippen molar-refractivity contribution in [3.05, 3.63) is 6.20 Å². The predicted molar refractivity (Wildman–Crippen MR) is 63.3 cm³/mol. The van der Waals surface area contributed by atoms with Crippen LogP contribution < -0.4 is 10.6 Å². The van der Waals surface area contributed by atoms with Gasteiger partial charge in [-0.2, -0.15) is 0 Å². The molecule has 2 aliphatic rings. The van der Waals surface area contributed by atoms with Crippen LogP contribution in [0.3, 0.4) is 0 Å². The minimum absolute atomic E-state index is 0.676. The lowest BCUT2D eigenvalue weighted by molar-refractivity contribution is 0.248. The second-order valence-corrected chi connectivity index (χ2v) is 5.33. The predicted octanol–water partition coefficient (Wildman–Crippen LogP) is 1.01. The summed E-state index contributed by atoms with van der Waals surface area (Å²) in [5.74, 6) is 0. The molecular weight excluding hydrogens is 208 g/mol. The third kappa shape index (κ3) is 1.94. The molecule has 0 amide bonds. The van der Waals surface area contributed by atoms with Crippen LogP contribution >= 0.6 is 11.3 Å². The average Bonchev–Trinajstić information content (AvgIpc) is 3.02. The average molecular weight is 224 g/mol. The molecule has 1 saturated heterocycles. The molecule has 4 nitrogen and oxygen atoms in total. The van der Waals surface area contributed by atoms with Crippen LogP contribution in [0.5, 0.6) is 0 Å². The smallest absolute Gasteiger partial charge is 0.181 e. The van der Waals surface area contributed by atoms with Crippen LogP contribution in [-0.4, -0.2) is 42.1 Å². The second-order valence-electron chi connectivity index (χ2n) is 4.29. The Morgan fingerprint density at radius 3 is 2.53 bits per heavy atom. The molecule has 2 heterocycles. The van der Waals surface area contributed by atoms with Crippen molar-refractivity contribution >= 4 is 21.5 Å². The molecule has 0 bridgehead atoms. The molecule has 0 unspecified atom stereocenters. The van der Waals surface area contributed by atoms with Crippen molar-refractivity contribution in [3.8, 4) is 0 Å². The SMILES string of the molecule is Nc1ncc(N2CCN(C3CC3)CC2)s1. The molecule has 0 aromatic carbocycles. The van der Waals surface area contributed by atoms with Crippen molar-refractivity contribution in [2.45, 2.75) is 18.9 Å². The van der Waals surface area contributed by atoms with Crippen molar-refractivity contribution in [1.82, 2.24) is 9.88 Å². The zero-order valence-electron chi connectivity index (χ0n) is 8.72. The van der Waals surface area contributed by atoms with Gasteiger partial charge in [-0.05, 0) is 12.8 Å². The Hall–Kier alpha value is -0.810. The summed E-state index contributed by atoms with van der Waals surface area (Å²) < 4.78 is 0. The van der Waals surface area contributed by atoms with Crippen molar-refractivity contribution in [2.75, 3.05) is 36.8 Å². The summed E-state index contributed by atoms with van der Waals surface area (Å²) in [6.07, 6.45) is 4.72. The van der Waals surface area contributed by atoms with E-state index in [0.717, 1.165) is 19.1 Å². The molecule has 0 atom stereocenters. The molecule has 1 aromatic heterocycles. The number of nitrogen functional groups attached to an aromatic ring is 1. The van der Waals surface area contributed by atoms with E-state index < -0.39 is 0 Å². The number of hydrogen-bond donors (Lipinski definition) is 1. The van der Waals surface area contributed by atoms with E-state index in [-0.39, 0.29) is 0 Å². The van der Waals surface area contributed by atoms with Gasteiger partial charge in [-0.1, -0.05) is 11.3 Å². The molecular formula is C10H16N4S. The summed E-state index contributed by atoms with van der Waals surface area (Å²) in [4.78, 5) is 9.11. The molecule has 3 rings (SSSR count). The lowest BCUT2D eigenvalue weighted by Crippen LogP contribution is -2.47. The molecule has 1 aliphatic carbocycles. The lowest BCUT2D eigenvalue weighted by atomic mass is 10.3. The first-order valence-corrected chi connectivity index (χ1v) is 6.35. The Morgan fingerprint density at radius 2 is 2.00 bits per heavy atom. The minimum atomic E-state index is 0.676. The number of aromatic nitrogens is 1. The Bertz CT molecular complexity index is 339. The Kier molecular flexibility index (Phi) is 2.29. The van der Waals surface area contributed by atoms with Crippen LogP contribution in [0.4, 0.5) is 10.1 Å². The molecule has 2 N–H and O–H groups in total. The molecule has 2 fully saturated rings. The van der Waals surface area contributed by atoms with Gasteiger partial charge in [0.15, 0.2) is 5.13 Å². The first-order chi connectivity index (χ1) is 7.33. The van der Waals surface area contributed by atoms with Crippen molar-refractivity contribution in [3.63, 3.8) is 0 Å². The number of rotatable bonds is 2. The summed E-state index contributed by atoms with van der Waals surface area (Å²) in [6, 6.07) is 0.902. The largest absolute Gasteiger partial charge is 0.375 e. The van der Waals surface area contributed by atoms with Crippen LogP contribution in [0.2, 0.25) is 0 Å². The zero-order valence-corrected chi connectivity index (χ0v) is 9.54. The van der Waals surface area contributed by atoms with E-state index >= 15 is 0 Å². The standard InChI is InChI=1S/C10H16N4S/c11-10-12-7-9(15-10)14-5-3-13(4-6-14)8-1-2-8/h7-8H,1-6H2,(H2,11,12). The van der Waals surface area contributed by atoms with Gasteiger partial charge in [-0.15, -0.1) is 0 Å². The quantitative estimate of drug-likeness (QED) is 0.814. The third-order valence-corrected chi connectivity index (χ3v) is 4.09. The highest BCUT2D eigenvalue weighted by atomic mass is 32.1. The van der Waals surface area contributed by atoms with E-state index in [1.165, 1.54) is 30.9 Å². The maximum Gasteiger partial charge on any atom is 0.181 e.